The average molecular weight is 210 g/mol. The molecule has 0 aromatic carbocycles. The summed E-state index contributed by atoms with van der Waals surface area (Å²) in [5.74, 6) is 0.884. The number of hydrogen-bond donors (Lipinski definition) is 0. The minimum atomic E-state index is 0.884. The molecule has 0 aromatic heterocycles. The first kappa shape index (κ1) is 16.9. The van der Waals surface area contributed by atoms with Crippen LogP contribution in [0.25, 0.3) is 0 Å². The highest BCUT2D eigenvalue weighted by molar-refractivity contribution is 5.36. The first-order chi connectivity index (χ1) is 6.99. The zero-order chi connectivity index (χ0) is 12.4. The summed E-state index contributed by atoms with van der Waals surface area (Å²) < 4.78 is 0. The lowest BCUT2D eigenvalue weighted by molar-refractivity contribution is 0.626. The van der Waals surface area contributed by atoms with E-state index in [2.05, 4.69) is 41.2 Å². The molecule has 0 amide bonds. The van der Waals surface area contributed by atoms with E-state index in [9.17, 15) is 0 Å². The minimum absolute atomic E-state index is 0.884. The van der Waals surface area contributed by atoms with E-state index < -0.39 is 0 Å². The van der Waals surface area contributed by atoms with Crippen molar-refractivity contribution in [2.24, 2.45) is 5.92 Å². The molecule has 0 aromatic rings. The second kappa shape index (κ2) is 10.0. The van der Waals surface area contributed by atoms with Crippen LogP contribution in [-0.2, 0) is 0 Å². The van der Waals surface area contributed by atoms with Gasteiger partial charge in [-0.2, -0.15) is 0 Å². The predicted molar refractivity (Wildman–Crippen MR) is 73.2 cm³/mol. The van der Waals surface area contributed by atoms with Crippen LogP contribution in [0.1, 0.15) is 67.7 Å². The van der Waals surface area contributed by atoms with Gasteiger partial charge in [-0.3, -0.25) is 0 Å². The van der Waals surface area contributed by atoms with Gasteiger partial charge in [0.2, 0.25) is 0 Å². The molecule has 1 aliphatic carbocycles. The quantitative estimate of drug-likeness (QED) is 0.517. The van der Waals surface area contributed by atoms with Crippen LogP contribution in [0.3, 0.4) is 0 Å². The van der Waals surface area contributed by atoms with E-state index in [0.29, 0.717) is 0 Å². The molecule has 1 rings (SSSR count). The smallest absolute Gasteiger partial charge is 0.0245 e. The molecule has 0 bridgehead atoms. The van der Waals surface area contributed by atoms with Crippen molar-refractivity contribution in [3.8, 4) is 0 Å². The van der Waals surface area contributed by atoms with Crippen molar-refractivity contribution >= 4 is 0 Å². The Kier molecular flexibility index (Phi) is 11.3. The third kappa shape index (κ3) is 8.47. The standard InChI is InChI=1S/C8H12.C5H12.C2H6/c1-6-4-5-7(2)8(6)3;1-4-5(2)3;1-2/h1,4-5H2,2-3H3;5H,4H2,1-3H3;1-2H3. The van der Waals surface area contributed by atoms with Gasteiger partial charge >= 0.3 is 0 Å². The summed E-state index contributed by atoms with van der Waals surface area (Å²) in [6.45, 7) is 18.9. The lowest BCUT2D eigenvalue weighted by atomic mass is 10.1. The van der Waals surface area contributed by atoms with Crippen molar-refractivity contribution in [3.05, 3.63) is 23.3 Å². The van der Waals surface area contributed by atoms with E-state index in [-0.39, 0.29) is 0 Å². The monoisotopic (exact) mass is 210 g/mol. The molecule has 0 N–H and O–H groups in total. The molecule has 0 saturated heterocycles. The van der Waals surface area contributed by atoms with Gasteiger partial charge < -0.3 is 0 Å². The highest BCUT2D eigenvalue weighted by atomic mass is 14.1. The molecule has 0 heterocycles. The average Bonchev–Trinajstić information content (AvgIpc) is 2.53. The zero-order valence-electron chi connectivity index (χ0n) is 11.9. The molecule has 0 atom stereocenters. The minimum Gasteiger partial charge on any atom is -0.0956 e. The molecule has 1 aliphatic rings. The molecular weight excluding hydrogens is 180 g/mol. The Morgan fingerprint density at radius 3 is 1.60 bits per heavy atom. The second-order valence-corrected chi connectivity index (χ2v) is 4.31. The molecule has 90 valence electrons. The molecule has 0 unspecified atom stereocenters. The topological polar surface area (TPSA) is 0 Å². The first-order valence-electron chi connectivity index (χ1n) is 6.33. The largest absolute Gasteiger partial charge is 0.0956 e. The van der Waals surface area contributed by atoms with Gasteiger partial charge in [-0.1, -0.05) is 58.8 Å². The Morgan fingerprint density at radius 2 is 1.53 bits per heavy atom. The Labute approximate surface area is 97.5 Å². The van der Waals surface area contributed by atoms with Gasteiger partial charge in [-0.15, -0.1) is 0 Å². The van der Waals surface area contributed by atoms with Crippen LogP contribution in [0.15, 0.2) is 23.3 Å². The fourth-order valence-electron chi connectivity index (χ4n) is 1.02. The van der Waals surface area contributed by atoms with Crippen LogP contribution < -0.4 is 0 Å². The van der Waals surface area contributed by atoms with Crippen molar-refractivity contribution in [2.45, 2.75) is 67.7 Å². The lowest BCUT2D eigenvalue weighted by Crippen LogP contribution is -1.77. The van der Waals surface area contributed by atoms with Crippen LogP contribution in [0.2, 0.25) is 0 Å². The normalized spacial score (nSPS) is 14.5. The maximum atomic E-state index is 3.93. The van der Waals surface area contributed by atoms with Gasteiger partial charge in [-0.05, 0) is 38.2 Å². The maximum absolute atomic E-state index is 3.93. The molecule has 0 heteroatoms. The molecule has 0 saturated carbocycles. The van der Waals surface area contributed by atoms with Gasteiger partial charge in [0.25, 0.3) is 0 Å². The molecule has 15 heavy (non-hydrogen) atoms. The van der Waals surface area contributed by atoms with Crippen molar-refractivity contribution in [2.75, 3.05) is 0 Å². The van der Waals surface area contributed by atoms with E-state index in [1.807, 2.05) is 13.8 Å². The molecule has 0 nitrogen and oxygen atoms in total. The van der Waals surface area contributed by atoms with Crippen LogP contribution in [0.4, 0.5) is 0 Å². The van der Waals surface area contributed by atoms with E-state index >= 15 is 0 Å². The fraction of sp³-hybridized carbons (Fsp3) is 0.733. The highest BCUT2D eigenvalue weighted by Crippen LogP contribution is 2.28. The van der Waals surface area contributed by atoms with Gasteiger partial charge in [-0.25, -0.2) is 0 Å². The summed E-state index contributed by atoms with van der Waals surface area (Å²) in [6.07, 6.45) is 3.74. The molecule has 0 spiro atoms. The first-order valence-corrected chi connectivity index (χ1v) is 6.33. The van der Waals surface area contributed by atoms with Gasteiger partial charge in [0.1, 0.15) is 0 Å². The predicted octanol–water partition coefficient (Wildman–Crippen LogP) is 5.75. The van der Waals surface area contributed by atoms with E-state index in [1.54, 1.807) is 0 Å². The van der Waals surface area contributed by atoms with Crippen LogP contribution in [0, 0.1) is 5.92 Å². The maximum Gasteiger partial charge on any atom is -0.0245 e. The third-order valence-electron chi connectivity index (χ3n) is 2.79. The van der Waals surface area contributed by atoms with Gasteiger partial charge in [0, 0.05) is 0 Å². The molecular formula is C15H30. The van der Waals surface area contributed by atoms with Crippen molar-refractivity contribution in [3.63, 3.8) is 0 Å². The van der Waals surface area contributed by atoms with Gasteiger partial charge in [0.15, 0.2) is 0 Å². The summed E-state index contributed by atoms with van der Waals surface area (Å²) in [6, 6.07) is 0. The number of allylic oxidation sites excluding steroid dienone is 3. The summed E-state index contributed by atoms with van der Waals surface area (Å²) in [7, 11) is 0. The Morgan fingerprint density at radius 1 is 1.13 bits per heavy atom. The SMILES string of the molecule is C=C1CCC(C)=C1C.CC.CCC(C)C. The van der Waals surface area contributed by atoms with Crippen molar-refractivity contribution < 1.29 is 0 Å². The zero-order valence-corrected chi connectivity index (χ0v) is 11.9. The molecule has 0 radical (unpaired) electrons. The summed E-state index contributed by atoms with van der Waals surface area (Å²) in [5, 5.41) is 0. The lowest BCUT2D eigenvalue weighted by Gasteiger charge is -1.91. The van der Waals surface area contributed by atoms with Crippen LogP contribution >= 0.6 is 0 Å². The van der Waals surface area contributed by atoms with E-state index in [1.165, 1.54) is 36.0 Å². The van der Waals surface area contributed by atoms with E-state index in [0.717, 1.165) is 5.92 Å². The Bertz CT molecular complexity index is 194. The third-order valence-corrected chi connectivity index (χ3v) is 2.79. The van der Waals surface area contributed by atoms with Crippen molar-refractivity contribution in [1.29, 1.82) is 0 Å². The highest BCUT2D eigenvalue weighted by Gasteiger charge is 2.08. The Hall–Kier alpha value is -0.520. The van der Waals surface area contributed by atoms with Crippen LogP contribution in [0.5, 0.6) is 0 Å². The molecule has 0 fully saturated rings. The van der Waals surface area contributed by atoms with Gasteiger partial charge in [0.05, 0.1) is 0 Å². The number of rotatable bonds is 1. The Balaban J connectivity index is 0. The second-order valence-electron chi connectivity index (χ2n) is 4.31. The summed E-state index contributed by atoms with van der Waals surface area (Å²) in [5.41, 5.74) is 4.29. The van der Waals surface area contributed by atoms with Crippen LogP contribution in [-0.4, -0.2) is 0 Å². The summed E-state index contributed by atoms with van der Waals surface area (Å²) >= 11 is 0. The van der Waals surface area contributed by atoms with Crippen molar-refractivity contribution in [1.82, 2.24) is 0 Å². The van der Waals surface area contributed by atoms with E-state index in [4.69, 9.17) is 0 Å². The number of hydrogen-bond acceptors (Lipinski definition) is 0. The summed E-state index contributed by atoms with van der Waals surface area (Å²) in [4.78, 5) is 0. The molecule has 0 aliphatic heterocycles. The fourth-order valence-corrected chi connectivity index (χ4v) is 1.02.